The first-order chi connectivity index (χ1) is 12.7. The lowest BCUT2D eigenvalue weighted by Crippen LogP contribution is -2.12. The summed E-state index contributed by atoms with van der Waals surface area (Å²) in [5, 5.41) is 6.04. The van der Waals surface area contributed by atoms with Gasteiger partial charge in [-0.1, -0.05) is 0 Å². The number of anilines is 3. The lowest BCUT2D eigenvalue weighted by molar-refractivity contribution is 0.102. The number of nitrogens with two attached hydrogens (primary N) is 1. The minimum atomic E-state index is -0.200. The molecule has 0 spiro atoms. The van der Waals surface area contributed by atoms with Gasteiger partial charge < -0.3 is 21.1 Å². The number of methoxy groups -OCH3 is 1. The van der Waals surface area contributed by atoms with Crippen molar-refractivity contribution in [3.63, 3.8) is 0 Å². The van der Waals surface area contributed by atoms with Crippen molar-refractivity contribution in [2.45, 2.75) is 6.54 Å². The molecule has 0 aliphatic carbocycles. The Hall–Kier alpha value is -3.61. The zero-order chi connectivity index (χ0) is 18.4. The maximum absolute atomic E-state index is 12.3. The Morgan fingerprint density at radius 1 is 1.12 bits per heavy atom. The summed E-state index contributed by atoms with van der Waals surface area (Å²) in [7, 11) is 1.58. The molecule has 26 heavy (non-hydrogen) atoms. The van der Waals surface area contributed by atoms with Crippen molar-refractivity contribution in [3.05, 3.63) is 72.2 Å². The molecule has 7 heteroatoms. The number of carbonyl (C=O) groups excluding carboxylic acids is 1. The molecule has 132 valence electrons. The highest BCUT2D eigenvalue weighted by Gasteiger charge is 2.07. The van der Waals surface area contributed by atoms with Gasteiger partial charge in [0.15, 0.2) is 0 Å². The molecule has 1 amide bonds. The summed E-state index contributed by atoms with van der Waals surface area (Å²) < 4.78 is 5.09. The number of carbonyl (C=O) groups is 1. The Bertz CT molecular complexity index is 896. The van der Waals surface area contributed by atoms with Crippen molar-refractivity contribution >= 4 is 23.1 Å². The van der Waals surface area contributed by atoms with Crippen LogP contribution in [-0.4, -0.2) is 23.0 Å². The molecule has 0 aliphatic rings. The number of nitrogens with one attached hydrogen (secondary N) is 2. The first-order valence-corrected chi connectivity index (χ1v) is 8.00. The van der Waals surface area contributed by atoms with Crippen LogP contribution in [0, 0.1) is 0 Å². The molecular formula is C19H19N5O2. The molecule has 4 N–H and O–H groups in total. The van der Waals surface area contributed by atoms with Gasteiger partial charge in [0.2, 0.25) is 0 Å². The number of ether oxygens (including phenoxy) is 1. The molecule has 0 saturated carbocycles. The summed E-state index contributed by atoms with van der Waals surface area (Å²) in [5.74, 6) is 0.930. The Labute approximate surface area is 151 Å². The average molecular weight is 349 g/mol. The molecule has 2 heterocycles. The lowest BCUT2D eigenvalue weighted by atomic mass is 10.2. The van der Waals surface area contributed by atoms with E-state index in [0.717, 1.165) is 11.4 Å². The lowest BCUT2D eigenvalue weighted by Gasteiger charge is -2.10. The number of nitrogen functional groups attached to an aromatic ring is 1. The summed E-state index contributed by atoms with van der Waals surface area (Å²) in [5.41, 5.74) is 8.52. The van der Waals surface area contributed by atoms with Crippen LogP contribution in [0.1, 0.15) is 16.1 Å². The SMILES string of the molecule is COc1ccc(C(=O)Nc2ccnc(CNc3cccnc3N)c2)cc1. The molecule has 7 nitrogen and oxygen atoms in total. The minimum absolute atomic E-state index is 0.200. The van der Waals surface area contributed by atoms with Gasteiger partial charge in [-0.15, -0.1) is 0 Å². The van der Waals surface area contributed by atoms with Crippen LogP contribution < -0.4 is 21.1 Å². The third-order valence-electron chi connectivity index (χ3n) is 3.73. The molecule has 1 aromatic carbocycles. The van der Waals surface area contributed by atoms with Crippen molar-refractivity contribution in [3.8, 4) is 5.75 Å². The summed E-state index contributed by atoms with van der Waals surface area (Å²) >= 11 is 0. The molecule has 0 fully saturated rings. The molecular weight excluding hydrogens is 330 g/mol. The van der Waals surface area contributed by atoms with E-state index in [-0.39, 0.29) is 5.91 Å². The number of rotatable bonds is 6. The molecule has 0 saturated heterocycles. The van der Waals surface area contributed by atoms with Crippen LogP contribution in [0.5, 0.6) is 5.75 Å². The number of pyridine rings is 2. The van der Waals surface area contributed by atoms with Crippen LogP contribution in [0.3, 0.4) is 0 Å². The second-order valence-electron chi connectivity index (χ2n) is 5.51. The summed E-state index contributed by atoms with van der Waals surface area (Å²) in [6.07, 6.45) is 3.28. The monoisotopic (exact) mass is 349 g/mol. The van der Waals surface area contributed by atoms with Crippen LogP contribution in [0.4, 0.5) is 17.2 Å². The maximum Gasteiger partial charge on any atom is 0.255 e. The second-order valence-corrected chi connectivity index (χ2v) is 5.51. The normalized spacial score (nSPS) is 10.2. The number of nitrogens with zero attached hydrogens (tertiary/aromatic N) is 2. The Kier molecular flexibility index (Phi) is 5.28. The number of amides is 1. The van der Waals surface area contributed by atoms with Gasteiger partial charge in [-0.05, 0) is 48.5 Å². The standard InChI is InChI=1S/C19H19N5O2/c1-26-16-6-4-13(5-7-16)19(25)24-14-8-10-21-15(11-14)12-23-17-3-2-9-22-18(17)20/h2-11,23H,12H2,1H3,(H2,20,22)(H,21,24,25). The molecule has 3 rings (SSSR count). The van der Waals surface area contributed by atoms with Gasteiger partial charge in [0.25, 0.3) is 5.91 Å². The first kappa shape index (κ1) is 17.2. The summed E-state index contributed by atoms with van der Waals surface area (Å²) in [4.78, 5) is 20.7. The Morgan fingerprint density at radius 3 is 2.65 bits per heavy atom. The van der Waals surface area contributed by atoms with Crippen LogP contribution in [0.2, 0.25) is 0 Å². The van der Waals surface area contributed by atoms with Gasteiger partial charge in [0.1, 0.15) is 11.6 Å². The highest BCUT2D eigenvalue weighted by Crippen LogP contribution is 2.17. The van der Waals surface area contributed by atoms with E-state index >= 15 is 0 Å². The van der Waals surface area contributed by atoms with Gasteiger partial charge in [-0.25, -0.2) is 4.98 Å². The zero-order valence-electron chi connectivity index (χ0n) is 14.3. The fourth-order valence-electron chi connectivity index (χ4n) is 2.35. The molecule has 0 aliphatic heterocycles. The van der Waals surface area contributed by atoms with Gasteiger partial charge >= 0.3 is 0 Å². The van der Waals surface area contributed by atoms with Crippen LogP contribution >= 0.6 is 0 Å². The largest absolute Gasteiger partial charge is 0.497 e. The summed E-state index contributed by atoms with van der Waals surface area (Å²) in [6, 6.07) is 14.1. The van der Waals surface area contributed by atoms with Crippen LogP contribution in [0.25, 0.3) is 0 Å². The quantitative estimate of drug-likeness (QED) is 0.632. The van der Waals surface area contributed by atoms with E-state index in [0.29, 0.717) is 29.4 Å². The number of hydrogen-bond donors (Lipinski definition) is 3. The third kappa shape index (κ3) is 4.27. The van der Waals surface area contributed by atoms with E-state index in [1.54, 1.807) is 62.0 Å². The Balaban J connectivity index is 1.65. The summed E-state index contributed by atoms with van der Waals surface area (Å²) in [6.45, 7) is 0.460. The van der Waals surface area contributed by atoms with E-state index in [9.17, 15) is 4.79 Å². The van der Waals surface area contributed by atoms with Crippen molar-refractivity contribution in [2.75, 3.05) is 23.5 Å². The van der Waals surface area contributed by atoms with E-state index in [2.05, 4.69) is 20.6 Å². The van der Waals surface area contributed by atoms with Crippen molar-refractivity contribution < 1.29 is 9.53 Å². The molecule has 2 aromatic heterocycles. The first-order valence-electron chi connectivity index (χ1n) is 8.00. The number of benzene rings is 1. The van der Waals surface area contributed by atoms with E-state index < -0.39 is 0 Å². The van der Waals surface area contributed by atoms with Crippen molar-refractivity contribution in [1.29, 1.82) is 0 Å². The smallest absolute Gasteiger partial charge is 0.255 e. The van der Waals surface area contributed by atoms with Gasteiger partial charge in [-0.3, -0.25) is 9.78 Å². The fraction of sp³-hybridized carbons (Fsp3) is 0.105. The Morgan fingerprint density at radius 2 is 1.92 bits per heavy atom. The van der Waals surface area contributed by atoms with Gasteiger partial charge in [0.05, 0.1) is 25.0 Å². The highest BCUT2D eigenvalue weighted by atomic mass is 16.5. The number of aromatic nitrogens is 2. The predicted molar refractivity (Wildman–Crippen MR) is 101 cm³/mol. The topological polar surface area (TPSA) is 102 Å². The molecule has 0 unspecified atom stereocenters. The molecule has 0 atom stereocenters. The molecule has 3 aromatic rings. The zero-order valence-corrected chi connectivity index (χ0v) is 14.3. The third-order valence-corrected chi connectivity index (χ3v) is 3.73. The molecule has 0 bridgehead atoms. The van der Waals surface area contributed by atoms with Gasteiger partial charge in [-0.2, -0.15) is 0 Å². The minimum Gasteiger partial charge on any atom is -0.497 e. The fourth-order valence-corrected chi connectivity index (χ4v) is 2.35. The van der Waals surface area contributed by atoms with Crippen molar-refractivity contribution in [2.24, 2.45) is 0 Å². The maximum atomic E-state index is 12.3. The van der Waals surface area contributed by atoms with Crippen LogP contribution in [-0.2, 0) is 6.54 Å². The van der Waals surface area contributed by atoms with Gasteiger partial charge in [0, 0.05) is 23.6 Å². The van der Waals surface area contributed by atoms with E-state index in [1.807, 2.05) is 6.07 Å². The predicted octanol–water partition coefficient (Wildman–Crippen LogP) is 2.93. The number of hydrogen-bond acceptors (Lipinski definition) is 6. The highest BCUT2D eigenvalue weighted by molar-refractivity contribution is 6.04. The van der Waals surface area contributed by atoms with Crippen LogP contribution in [0.15, 0.2) is 60.9 Å². The van der Waals surface area contributed by atoms with E-state index in [4.69, 9.17) is 10.5 Å². The van der Waals surface area contributed by atoms with Crippen molar-refractivity contribution in [1.82, 2.24) is 9.97 Å². The average Bonchev–Trinajstić information content (AvgIpc) is 2.68. The second kappa shape index (κ2) is 7.98. The van der Waals surface area contributed by atoms with E-state index in [1.165, 1.54) is 0 Å². The molecule has 0 radical (unpaired) electrons.